The lowest BCUT2D eigenvalue weighted by molar-refractivity contribution is 0.626. The van der Waals surface area contributed by atoms with Crippen molar-refractivity contribution in [2.24, 2.45) is 0 Å². The van der Waals surface area contributed by atoms with Crippen LogP contribution in [0.4, 0.5) is 4.39 Å². The van der Waals surface area contributed by atoms with Gasteiger partial charge in [0.15, 0.2) is 5.65 Å². The third-order valence-electron chi connectivity index (χ3n) is 3.00. The molecule has 2 heterocycles. The maximum Gasteiger partial charge on any atom is 0.164 e. The predicted molar refractivity (Wildman–Crippen MR) is 91.0 cm³/mol. The quantitative estimate of drug-likeness (QED) is 0.444. The molecule has 0 aliphatic rings. The van der Waals surface area contributed by atoms with Crippen LogP contribution in [0, 0.1) is 9.39 Å². The van der Waals surface area contributed by atoms with Gasteiger partial charge in [-0.3, -0.25) is 4.57 Å². The SMILES string of the molecule is Fc1ccc(-n2c(CCCl)nc3cc(Cl)cnc32)c(I)c1. The Hall–Kier alpha value is -0.920. The zero-order chi connectivity index (χ0) is 15.0. The average Bonchev–Trinajstić information content (AvgIpc) is 2.76. The zero-order valence-electron chi connectivity index (χ0n) is 10.7. The maximum atomic E-state index is 13.3. The third-order valence-corrected chi connectivity index (χ3v) is 4.26. The van der Waals surface area contributed by atoms with E-state index in [0.717, 1.165) is 15.1 Å². The first-order chi connectivity index (χ1) is 10.1. The molecular formula is C14H9Cl2FIN3. The van der Waals surface area contributed by atoms with Gasteiger partial charge in [-0.15, -0.1) is 11.6 Å². The van der Waals surface area contributed by atoms with Crippen LogP contribution in [0.15, 0.2) is 30.5 Å². The van der Waals surface area contributed by atoms with Crippen molar-refractivity contribution in [3.05, 3.63) is 50.7 Å². The van der Waals surface area contributed by atoms with E-state index < -0.39 is 0 Å². The molecule has 108 valence electrons. The minimum atomic E-state index is -0.275. The molecule has 0 spiro atoms. The van der Waals surface area contributed by atoms with Gasteiger partial charge in [0.25, 0.3) is 0 Å². The molecule has 0 aliphatic carbocycles. The Morgan fingerprint density at radius 1 is 1.29 bits per heavy atom. The molecule has 2 aromatic heterocycles. The van der Waals surface area contributed by atoms with Crippen LogP contribution < -0.4 is 0 Å². The summed E-state index contributed by atoms with van der Waals surface area (Å²) < 4.78 is 16.0. The normalized spacial score (nSPS) is 11.2. The highest BCUT2D eigenvalue weighted by molar-refractivity contribution is 14.1. The van der Waals surface area contributed by atoms with Gasteiger partial charge in [0, 0.05) is 22.1 Å². The van der Waals surface area contributed by atoms with E-state index in [1.165, 1.54) is 12.1 Å². The van der Waals surface area contributed by atoms with Gasteiger partial charge in [-0.1, -0.05) is 11.6 Å². The summed E-state index contributed by atoms with van der Waals surface area (Å²) in [5.41, 5.74) is 2.21. The van der Waals surface area contributed by atoms with Gasteiger partial charge >= 0.3 is 0 Å². The molecule has 0 bridgehead atoms. The standard InChI is InChI=1S/C14H9Cl2FIN3/c15-4-3-13-20-11-5-8(16)7-19-14(11)21(13)12-2-1-9(17)6-10(12)18/h1-2,5-7H,3-4H2. The van der Waals surface area contributed by atoms with Crippen molar-refractivity contribution in [1.29, 1.82) is 0 Å². The van der Waals surface area contributed by atoms with E-state index in [0.29, 0.717) is 28.5 Å². The van der Waals surface area contributed by atoms with Crippen LogP contribution in [0.25, 0.3) is 16.9 Å². The summed E-state index contributed by atoms with van der Waals surface area (Å²) in [6, 6.07) is 6.37. The van der Waals surface area contributed by atoms with Crippen molar-refractivity contribution in [3.63, 3.8) is 0 Å². The van der Waals surface area contributed by atoms with Crippen LogP contribution in [0.3, 0.4) is 0 Å². The molecule has 21 heavy (non-hydrogen) atoms. The number of halogens is 4. The summed E-state index contributed by atoms with van der Waals surface area (Å²) in [4.78, 5) is 8.89. The van der Waals surface area contributed by atoms with Crippen molar-refractivity contribution in [2.75, 3.05) is 5.88 Å². The molecule has 0 saturated carbocycles. The first-order valence-corrected chi connectivity index (χ1v) is 8.13. The van der Waals surface area contributed by atoms with E-state index in [4.69, 9.17) is 23.2 Å². The van der Waals surface area contributed by atoms with Crippen LogP contribution in [0.1, 0.15) is 5.82 Å². The molecule has 3 nitrogen and oxygen atoms in total. The van der Waals surface area contributed by atoms with Crippen LogP contribution in [0.2, 0.25) is 5.02 Å². The lowest BCUT2D eigenvalue weighted by atomic mass is 10.3. The first-order valence-electron chi connectivity index (χ1n) is 6.14. The number of nitrogens with zero attached hydrogens (tertiary/aromatic N) is 3. The first kappa shape index (κ1) is 15.0. The Bertz CT molecular complexity index is 819. The molecule has 0 amide bonds. The predicted octanol–water partition coefficient (Wildman–Crippen LogP) is 4.60. The molecule has 7 heteroatoms. The minimum Gasteiger partial charge on any atom is -0.280 e. The largest absolute Gasteiger partial charge is 0.280 e. The molecule has 3 aromatic rings. The molecule has 0 radical (unpaired) electrons. The third kappa shape index (κ3) is 2.86. The number of hydrogen-bond donors (Lipinski definition) is 0. The Labute approximate surface area is 144 Å². The highest BCUT2D eigenvalue weighted by atomic mass is 127. The van der Waals surface area contributed by atoms with Gasteiger partial charge in [-0.2, -0.15) is 0 Å². The van der Waals surface area contributed by atoms with E-state index in [9.17, 15) is 4.39 Å². The van der Waals surface area contributed by atoms with Gasteiger partial charge in [0.2, 0.25) is 0 Å². The fraction of sp³-hybridized carbons (Fsp3) is 0.143. The van der Waals surface area contributed by atoms with Crippen LogP contribution in [0.5, 0.6) is 0 Å². The lowest BCUT2D eigenvalue weighted by Gasteiger charge is -2.10. The molecule has 0 fully saturated rings. The van der Waals surface area contributed by atoms with E-state index in [1.54, 1.807) is 18.3 Å². The number of fused-ring (bicyclic) bond motifs is 1. The van der Waals surface area contributed by atoms with E-state index >= 15 is 0 Å². The second-order valence-electron chi connectivity index (χ2n) is 4.39. The number of aryl methyl sites for hydroxylation is 1. The second-order valence-corrected chi connectivity index (χ2v) is 6.37. The zero-order valence-corrected chi connectivity index (χ0v) is 14.3. The van der Waals surface area contributed by atoms with Gasteiger partial charge in [0.1, 0.15) is 17.2 Å². The number of aromatic nitrogens is 3. The lowest BCUT2D eigenvalue weighted by Crippen LogP contribution is -2.05. The topological polar surface area (TPSA) is 30.7 Å². The van der Waals surface area contributed by atoms with Gasteiger partial charge in [-0.25, -0.2) is 14.4 Å². The number of alkyl halides is 1. The monoisotopic (exact) mass is 435 g/mol. The van der Waals surface area contributed by atoms with Crippen molar-refractivity contribution in [3.8, 4) is 5.69 Å². The Morgan fingerprint density at radius 2 is 2.10 bits per heavy atom. The Morgan fingerprint density at radius 3 is 2.81 bits per heavy atom. The van der Waals surface area contributed by atoms with Crippen molar-refractivity contribution in [2.45, 2.75) is 6.42 Å². The van der Waals surface area contributed by atoms with Crippen LogP contribution >= 0.6 is 45.8 Å². The van der Waals surface area contributed by atoms with Gasteiger partial charge in [-0.05, 0) is 46.9 Å². The number of benzene rings is 1. The van der Waals surface area contributed by atoms with E-state index in [1.807, 2.05) is 4.57 Å². The van der Waals surface area contributed by atoms with Crippen LogP contribution in [-0.4, -0.2) is 20.4 Å². The molecule has 0 unspecified atom stereocenters. The summed E-state index contributed by atoms with van der Waals surface area (Å²) >= 11 is 13.9. The number of pyridine rings is 1. The van der Waals surface area contributed by atoms with Crippen molar-refractivity contribution < 1.29 is 4.39 Å². The molecular weight excluding hydrogens is 427 g/mol. The minimum absolute atomic E-state index is 0.275. The average molecular weight is 436 g/mol. The summed E-state index contributed by atoms with van der Waals surface area (Å²) in [7, 11) is 0. The Balaban J connectivity index is 2.30. The highest BCUT2D eigenvalue weighted by Gasteiger charge is 2.16. The fourth-order valence-corrected chi connectivity index (χ4v) is 3.19. The molecule has 1 aromatic carbocycles. The fourth-order valence-electron chi connectivity index (χ4n) is 2.16. The van der Waals surface area contributed by atoms with Crippen molar-refractivity contribution >= 4 is 57.0 Å². The number of imidazole rings is 1. The second kappa shape index (κ2) is 6.06. The molecule has 0 saturated heterocycles. The van der Waals surface area contributed by atoms with Gasteiger partial charge < -0.3 is 0 Å². The Kier molecular flexibility index (Phi) is 4.33. The molecule has 0 atom stereocenters. The number of rotatable bonds is 3. The highest BCUT2D eigenvalue weighted by Crippen LogP contribution is 2.26. The summed E-state index contributed by atoms with van der Waals surface area (Å²) in [5.74, 6) is 0.941. The van der Waals surface area contributed by atoms with E-state index in [2.05, 4.69) is 32.6 Å². The molecule has 3 rings (SSSR count). The summed E-state index contributed by atoms with van der Waals surface area (Å²) in [6.07, 6.45) is 2.16. The summed E-state index contributed by atoms with van der Waals surface area (Å²) in [5, 5.41) is 0.526. The molecule has 0 N–H and O–H groups in total. The summed E-state index contributed by atoms with van der Waals surface area (Å²) in [6.45, 7) is 0. The van der Waals surface area contributed by atoms with E-state index in [-0.39, 0.29) is 5.82 Å². The molecule has 0 aliphatic heterocycles. The van der Waals surface area contributed by atoms with Gasteiger partial charge in [0.05, 0.1) is 10.7 Å². The number of hydrogen-bond acceptors (Lipinski definition) is 2. The smallest absolute Gasteiger partial charge is 0.164 e. The van der Waals surface area contributed by atoms with Crippen LogP contribution in [-0.2, 0) is 6.42 Å². The maximum absolute atomic E-state index is 13.3. The van der Waals surface area contributed by atoms with Crippen molar-refractivity contribution in [1.82, 2.24) is 14.5 Å².